The first-order valence-electron chi connectivity index (χ1n) is 12.7. The van der Waals surface area contributed by atoms with E-state index in [4.69, 9.17) is 4.74 Å². The molecule has 4 heterocycles. The number of hydrogen-bond donors (Lipinski definition) is 2. The maximum Gasteiger partial charge on any atom is 0.255 e. The van der Waals surface area contributed by atoms with Gasteiger partial charge in [0.2, 0.25) is 11.8 Å². The summed E-state index contributed by atoms with van der Waals surface area (Å²) in [5.74, 6) is -0.109. The largest absolute Gasteiger partial charge is 0.373 e. The van der Waals surface area contributed by atoms with E-state index in [1.54, 1.807) is 4.90 Å². The fourth-order valence-electron chi connectivity index (χ4n) is 6.82. The monoisotopic (exact) mass is 451 g/mol. The van der Waals surface area contributed by atoms with E-state index in [0.29, 0.717) is 48.7 Å². The van der Waals surface area contributed by atoms with Gasteiger partial charge in [-0.25, -0.2) is 0 Å². The highest BCUT2D eigenvalue weighted by atomic mass is 16.5. The van der Waals surface area contributed by atoms with Crippen LogP contribution in [-0.4, -0.2) is 53.0 Å². The van der Waals surface area contributed by atoms with Crippen molar-refractivity contribution in [2.75, 3.05) is 0 Å². The van der Waals surface area contributed by atoms with Crippen molar-refractivity contribution in [3.63, 3.8) is 0 Å². The summed E-state index contributed by atoms with van der Waals surface area (Å²) in [6.07, 6.45) is 11.2. The Hall–Kier alpha value is -2.25. The van der Waals surface area contributed by atoms with Gasteiger partial charge in [-0.1, -0.05) is 25.0 Å². The highest BCUT2D eigenvalue weighted by Gasteiger charge is 2.43. The van der Waals surface area contributed by atoms with E-state index < -0.39 is 6.04 Å². The number of nitrogens with one attached hydrogen (secondary N) is 2. The van der Waals surface area contributed by atoms with Crippen molar-refractivity contribution in [3.05, 3.63) is 34.9 Å². The first-order chi connectivity index (χ1) is 16.0. The van der Waals surface area contributed by atoms with Crippen molar-refractivity contribution in [1.82, 2.24) is 15.5 Å². The first-order valence-corrected chi connectivity index (χ1v) is 12.7. The molecule has 0 radical (unpaired) electrons. The van der Waals surface area contributed by atoms with Crippen LogP contribution in [0.2, 0.25) is 0 Å². The molecule has 4 aliphatic heterocycles. The zero-order valence-electron chi connectivity index (χ0n) is 19.1. The van der Waals surface area contributed by atoms with E-state index in [0.717, 1.165) is 18.4 Å². The third-order valence-corrected chi connectivity index (χ3v) is 8.53. The Labute approximate surface area is 194 Å². The fraction of sp³-hybridized carbons (Fsp3) is 0.654. The summed E-state index contributed by atoms with van der Waals surface area (Å²) in [7, 11) is 0. The predicted octanol–water partition coefficient (Wildman–Crippen LogP) is 2.46. The lowest BCUT2D eigenvalue weighted by atomic mass is 9.79. The lowest BCUT2D eigenvalue weighted by Gasteiger charge is -2.36. The molecular formula is C26H33N3O4. The number of benzene rings is 1. The quantitative estimate of drug-likeness (QED) is 0.672. The summed E-state index contributed by atoms with van der Waals surface area (Å²) < 4.78 is 6.07. The second-order valence-corrected chi connectivity index (χ2v) is 10.6. The molecule has 33 heavy (non-hydrogen) atoms. The van der Waals surface area contributed by atoms with Crippen LogP contribution in [0, 0.1) is 5.92 Å². The summed E-state index contributed by atoms with van der Waals surface area (Å²) in [5, 5.41) is 6.35. The van der Waals surface area contributed by atoms with Gasteiger partial charge in [-0.2, -0.15) is 0 Å². The molecule has 6 rings (SSSR count). The molecule has 1 saturated carbocycles. The molecule has 1 aromatic rings. The number of ether oxygens (including phenoxy) is 1. The van der Waals surface area contributed by atoms with Crippen LogP contribution in [0.15, 0.2) is 18.2 Å². The van der Waals surface area contributed by atoms with Crippen LogP contribution in [0.1, 0.15) is 79.3 Å². The van der Waals surface area contributed by atoms with E-state index in [-0.39, 0.29) is 24.1 Å². The Balaban J connectivity index is 1.13. The van der Waals surface area contributed by atoms with E-state index in [9.17, 15) is 14.4 Å². The zero-order chi connectivity index (χ0) is 22.5. The highest BCUT2D eigenvalue weighted by Crippen LogP contribution is 2.37. The van der Waals surface area contributed by atoms with Gasteiger partial charge in [-0.05, 0) is 68.1 Å². The molecule has 2 N–H and O–H groups in total. The lowest BCUT2D eigenvalue weighted by Crippen LogP contribution is -2.52. The van der Waals surface area contributed by atoms with Gasteiger partial charge in [0.05, 0.1) is 12.2 Å². The number of hydrogen-bond acceptors (Lipinski definition) is 5. The zero-order valence-corrected chi connectivity index (χ0v) is 19.1. The average molecular weight is 452 g/mol. The second kappa shape index (κ2) is 8.51. The summed E-state index contributed by atoms with van der Waals surface area (Å²) in [6.45, 7) is 0.448. The van der Waals surface area contributed by atoms with Gasteiger partial charge in [0.25, 0.3) is 5.91 Å². The van der Waals surface area contributed by atoms with Crippen molar-refractivity contribution >= 4 is 17.7 Å². The van der Waals surface area contributed by atoms with Gasteiger partial charge < -0.3 is 15.0 Å². The molecule has 7 heteroatoms. The van der Waals surface area contributed by atoms with Crippen LogP contribution < -0.4 is 10.6 Å². The van der Waals surface area contributed by atoms with Gasteiger partial charge in [0.1, 0.15) is 6.04 Å². The minimum atomic E-state index is -0.554. The smallest absolute Gasteiger partial charge is 0.255 e. The lowest BCUT2D eigenvalue weighted by molar-refractivity contribution is -0.136. The van der Waals surface area contributed by atoms with Gasteiger partial charge in [0.15, 0.2) is 0 Å². The summed E-state index contributed by atoms with van der Waals surface area (Å²) in [4.78, 5) is 38.4. The van der Waals surface area contributed by atoms with Gasteiger partial charge in [0, 0.05) is 30.6 Å². The number of nitrogens with zero attached hydrogens (tertiary/aromatic N) is 1. The van der Waals surface area contributed by atoms with Crippen LogP contribution in [0.3, 0.4) is 0 Å². The minimum Gasteiger partial charge on any atom is -0.373 e. The number of fused-ring (bicyclic) bond motifs is 3. The fourth-order valence-corrected chi connectivity index (χ4v) is 6.82. The third-order valence-electron chi connectivity index (χ3n) is 8.53. The summed E-state index contributed by atoms with van der Waals surface area (Å²) in [6, 6.07) is 6.69. The van der Waals surface area contributed by atoms with E-state index in [1.165, 1.54) is 44.1 Å². The van der Waals surface area contributed by atoms with Crippen LogP contribution in [-0.2, 0) is 27.3 Å². The Bertz CT molecular complexity index is 978. The highest BCUT2D eigenvalue weighted by molar-refractivity contribution is 6.05. The molecule has 7 nitrogen and oxygen atoms in total. The molecule has 0 spiro atoms. The molecule has 6 atom stereocenters. The maximum atomic E-state index is 13.0. The van der Waals surface area contributed by atoms with Crippen LogP contribution in [0.5, 0.6) is 0 Å². The number of imide groups is 1. The molecule has 1 aromatic carbocycles. The van der Waals surface area contributed by atoms with Crippen molar-refractivity contribution in [1.29, 1.82) is 0 Å². The Morgan fingerprint density at radius 2 is 1.91 bits per heavy atom. The standard InChI is InChI=1S/C26H33N3O4/c30-24-10-8-22(25(31)28-24)29-14-17-12-15(5-7-19(17)26(29)32)11-16-3-1-2-4-20(16)27-21-13-18-6-9-23(21)33-18/h5,7,12,16,18,20-23,27H,1-4,6,8-11,13-14H2,(H,28,30,31)/t16-,18?,20+,21?,22?,23?/m1/s1. The molecule has 0 aromatic heterocycles. The molecule has 2 bridgehead atoms. The maximum absolute atomic E-state index is 13.0. The second-order valence-electron chi connectivity index (χ2n) is 10.6. The molecule has 5 aliphatic rings. The SMILES string of the molecule is O=C1CCC(N2Cc3cc(C[C@H]4CCCC[C@@H]4NC4CC5CCC4O5)ccc3C2=O)C(=O)N1. The topological polar surface area (TPSA) is 87.7 Å². The van der Waals surface area contributed by atoms with E-state index in [1.807, 2.05) is 6.07 Å². The van der Waals surface area contributed by atoms with E-state index >= 15 is 0 Å². The number of piperidine rings is 1. The molecule has 3 saturated heterocycles. The average Bonchev–Trinajstić information content (AvgIpc) is 3.50. The van der Waals surface area contributed by atoms with E-state index in [2.05, 4.69) is 22.8 Å². The normalized spacial score (nSPS) is 35.8. The summed E-state index contributed by atoms with van der Waals surface area (Å²) >= 11 is 0. The van der Waals surface area contributed by atoms with Crippen molar-refractivity contribution in [3.8, 4) is 0 Å². The Morgan fingerprint density at radius 3 is 2.70 bits per heavy atom. The summed E-state index contributed by atoms with van der Waals surface area (Å²) in [5.41, 5.74) is 2.97. The minimum absolute atomic E-state index is 0.0976. The molecule has 1 aliphatic carbocycles. The number of carbonyl (C=O) groups is 3. The van der Waals surface area contributed by atoms with Crippen molar-refractivity contribution in [2.24, 2.45) is 5.92 Å². The number of carbonyl (C=O) groups excluding carboxylic acids is 3. The van der Waals surface area contributed by atoms with Crippen molar-refractivity contribution < 1.29 is 19.1 Å². The van der Waals surface area contributed by atoms with Gasteiger partial charge in [-0.15, -0.1) is 0 Å². The van der Waals surface area contributed by atoms with Gasteiger partial charge in [-0.3, -0.25) is 19.7 Å². The first kappa shape index (κ1) is 21.3. The Kier molecular flexibility index (Phi) is 5.49. The molecule has 4 fully saturated rings. The molecule has 3 amide bonds. The molecular weight excluding hydrogens is 418 g/mol. The van der Waals surface area contributed by atoms with Gasteiger partial charge >= 0.3 is 0 Å². The number of amides is 3. The molecule has 176 valence electrons. The third kappa shape index (κ3) is 3.99. The predicted molar refractivity (Wildman–Crippen MR) is 121 cm³/mol. The molecule has 4 unspecified atom stereocenters. The number of rotatable bonds is 5. The Morgan fingerprint density at radius 1 is 1.03 bits per heavy atom. The van der Waals surface area contributed by atoms with Crippen molar-refractivity contribution in [2.45, 2.75) is 101 Å². The van der Waals surface area contributed by atoms with Crippen LogP contribution >= 0.6 is 0 Å². The van der Waals surface area contributed by atoms with Crippen LogP contribution in [0.25, 0.3) is 0 Å². The van der Waals surface area contributed by atoms with Crippen LogP contribution in [0.4, 0.5) is 0 Å².